The molecule has 3 aromatic carbocycles. The van der Waals surface area contributed by atoms with E-state index in [1.807, 2.05) is 56.2 Å². The van der Waals surface area contributed by atoms with Crippen molar-refractivity contribution in [1.82, 2.24) is 0 Å². The molecular weight excluding hydrogens is 371 g/mol. The third kappa shape index (κ3) is 3.23. The van der Waals surface area contributed by atoms with Gasteiger partial charge in [-0.15, -0.1) is 0 Å². The molecule has 30 heavy (non-hydrogen) atoms. The Morgan fingerprint density at radius 2 is 1.40 bits per heavy atom. The number of ether oxygens (including phenoxy) is 1. The van der Waals surface area contributed by atoms with Gasteiger partial charge in [0.15, 0.2) is 5.69 Å². The summed E-state index contributed by atoms with van der Waals surface area (Å²) in [6.45, 7) is 7.49. The summed E-state index contributed by atoms with van der Waals surface area (Å²) in [6.07, 6.45) is 0. The minimum Gasteiger partial charge on any atom is -0.458 e. The van der Waals surface area contributed by atoms with Gasteiger partial charge in [-0.2, -0.15) is 5.26 Å². The molecule has 0 radical (unpaired) electrons. The van der Waals surface area contributed by atoms with Gasteiger partial charge in [-0.25, -0.2) is 4.85 Å². The molecule has 0 N–H and O–H groups in total. The minimum absolute atomic E-state index is 0.187. The van der Waals surface area contributed by atoms with E-state index in [1.165, 1.54) is 0 Å². The molecule has 1 aliphatic rings. The summed E-state index contributed by atoms with van der Waals surface area (Å²) in [5, 5.41) is 9.45. The number of hydrogen-bond acceptors (Lipinski definition) is 4. The largest absolute Gasteiger partial charge is 0.458 e. The third-order valence-corrected chi connectivity index (χ3v) is 5.46. The molecule has 3 aromatic rings. The minimum atomic E-state index is -0.187. The van der Waals surface area contributed by atoms with Crippen molar-refractivity contribution < 1.29 is 4.74 Å². The summed E-state index contributed by atoms with van der Waals surface area (Å²) >= 11 is 0. The van der Waals surface area contributed by atoms with Crippen LogP contribution in [0.4, 0.5) is 17.1 Å². The van der Waals surface area contributed by atoms with Crippen LogP contribution in [-0.4, -0.2) is 34.9 Å². The van der Waals surface area contributed by atoms with Gasteiger partial charge in [0.25, 0.3) is 0 Å². The maximum absolute atomic E-state index is 9.45. The van der Waals surface area contributed by atoms with Crippen molar-refractivity contribution in [2.45, 2.75) is 0 Å². The summed E-state index contributed by atoms with van der Waals surface area (Å²) < 4.78 is 6.35. The van der Waals surface area contributed by atoms with Gasteiger partial charge in [0, 0.05) is 57.3 Å². The van der Waals surface area contributed by atoms with Crippen LogP contribution in [0, 0.1) is 17.9 Å². The van der Waals surface area contributed by atoms with E-state index in [2.05, 4.69) is 35.2 Å². The first-order chi connectivity index (χ1) is 14.4. The highest BCUT2D eigenvalue weighted by Crippen LogP contribution is 2.31. The fourth-order valence-electron chi connectivity index (χ4n) is 3.83. The Kier molecular flexibility index (Phi) is 4.85. The molecule has 0 saturated heterocycles. The second-order valence-electron chi connectivity index (χ2n) is 7.77. The number of benzene rings is 3. The van der Waals surface area contributed by atoms with Crippen LogP contribution in [0.15, 0.2) is 54.6 Å². The van der Waals surface area contributed by atoms with E-state index in [4.69, 9.17) is 11.3 Å². The maximum Gasteiger partial charge on any atom is 0.240 e. The van der Waals surface area contributed by atoms with E-state index < -0.39 is 0 Å². The molecule has 4 rings (SSSR count). The van der Waals surface area contributed by atoms with Crippen molar-refractivity contribution in [3.8, 4) is 17.6 Å². The highest BCUT2D eigenvalue weighted by molar-refractivity contribution is 6.97. The van der Waals surface area contributed by atoms with Crippen molar-refractivity contribution in [2.24, 2.45) is 0 Å². The van der Waals surface area contributed by atoms with Gasteiger partial charge in [0.2, 0.25) is 6.71 Å². The second kappa shape index (κ2) is 7.50. The van der Waals surface area contributed by atoms with Crippen molar-refractivity contribution in [2.75, 3.05) is 38.0 Å². The number of anilines is 2. The summed E-state index contributed by atoms with van der Waals surface area (Å²) in [6, 6.07) is 19.8. The van der Waals surface area contributed by atoms with Gasteiger partial charge in [-0.3, -0.25) is 0 Å². The third-order valence-electron chi connectivity index (χ3n) is 5.46. The molecule has 5 nitrogen and oxygen atoms in total. The zero-order valence-electron chi connectivity index (χ0n) is 17.5. The molecule has 0 bridgehead atoms. The number of nitrogens with zero attached hydrogens (tertiary/aromatic N) is 4. The van der Waals surface area contributed by atoms with Crippen LogP contribution in [0.1, 0.15) is 5.56 Å². The van der Waals surface area contributed by atoms with Crippen molar-refractivity contribution in [3.63, 3.8) is 0 Å². The standard InChI is InChI=1S/C24H21BN4O/c1-27-22-11-6-16(15-26)12-21(22)25-19-9-7-17(28(2)3)13-23(19)30-24-14-18(29(4)5)8-10-20(24)25/h6-14H,2-5H3. The lowest BCUT2D eigenvalue weighted by atomic mass is 9.35. The molecular formula is C24H21BN4O. The Bertz CT molecular complexity index is 1160. The molecule has 0 aliphatic carbocycles. The monoisotopic (exact) mass is 392 g/mol. The Labute approximate surface area is 177 Å². The molecule has 0 spiro atoms. The van der Waals surface area contributed by atoms with Crippen LogP contribution in [0.3, 0.4) is 0 Å². The smallest absolute Gasteiger partial charge is 0.240 e. The quantitative estimate of drug-likeness (QED) is 0.397. The normalized spacial score (nSPS) is 11.5. The van der Waals surface area contributed by atoms with E-state index in [0.29, 0.717) is 11.3 Å². The van der Waals surface area contributed by atoms with Crippen LogP contribution < -0.4 is 30.9 Å². The lowest BCUT2D eigenvalue weighted by molar-refractivity contribution is 0.487. The Hall–Kier alpha value is -3.90. The summed E-state index contributed by atoms with van der Waals surface area (Å²) in [5.74, 6) is 1.54. The van der Waals surface area contributed by atoms with Gasteiger partial charge in [-0.1, -0.05) is 35.8 Å². The van der Waals surface area contributed by atoms with Gasteiger partial charge >= 0.3 is 0 Å². The van der Waals surface area contributed by atoms with Crippen LogP contribution in [-0.2, 0) is 0 Å². The molecule has 1 heterocycles. The molecule has 146 valence electrons. The first-order valence-electron chi connectivity index (χ1n) is 9.65. The zero-order valence-corrected chi connectivity index (χ0v) is 17.5. The molecule has 0 fully saturated rings. The fraction of sp³-hybridized carbons (Fsp3) is 0.167. The number of rotatable bonds is 3. The molecule has 6 heteroatoms. The number of nitriles is 1. The van der Waals surface area contributed by atoms with Crippen molar-refractivity contribution >= 4 is 40.2 Å². The van der Waals surface area contributed by atoms with Gasteiger partial charge in [0.1, 0.15) is 11.5 Å². The van der Waals surface area contributed by atoms with E-state index in [9.17, 15) is 5.26 Å². The Morgan fingerprint density at radius 1 is 0.833 bits per heavy atom. The predicted molar refractivity (Wildman–Crippen MR) is 124 cm³/mol. The van der Waals surface area contributed by atoms with Crippen molar-refractivity contribution in [3.05, 3.63) is 71.6 Å². The topological polar surface area (TPSA) is 43.9 Å². The number of fused-ring (bicyclic) bond motifs is 2. The summed E-state index contributed by atoms with van der Waals surface area (Å²) in [5.41, 5.74) is 5.97. The van der Waals surface area contributed by atoms with E-state index >= 15 is 0 Å². The summed E-state index contributed by atoms with van der Waals surface area (Å²) in [4.78, 5) is 7.81. The Morgan fingerprint density at radius 3 is 1.87 bits per heavy atom. The van der Waals surface area contributed by atoms with Gasteiger partial charge in [-0.05, 0) is 23.1 Å². The molecule has 1 aliphatic heterocycles. The van der Waals surface area contributed by atoms with E-state index in [-0.39, 0.29) is 6.71 Å². The van der Waals surface area contributed by atoms with E-state index in [0.717, 1.165) is 39.3 Å². The molecule has 0 amide bonds. The SMILES string of the molecule is [C-]#[N+]c1ccc(C#N)cc1B1c2ccc(N(C)C)cc2Oc2cc(N(C)C)ccc21. The zero-order chi connectivity index (χ0) is 21.4. The van der Waals surface area contributed by atoms with Crippen LogP contribution in [0.5, 0.6) is 11.5 Å². The predicted octanol–water partition coefficient (Wildman–Crippen LogP) is 2.86. The summed E-state index contributed by atoms with van der Waals surface area (Å²) in [7, 11) is 7.97. The highest BCUT2D eigenvalue weighted by atomic mass is 16.5. The van der Waals surface area contributed by atoms with Gasteiger partial charge in [0.05, 0.1) is 12.6 Å². The highest BCUT2D eigenvalue weighted by Gasteiger charge is 2.34. The van der Waals surface area contributed by atoms with Crippen LogP contribution in [0.2, 0.25) is 0 Å². The Balaban J connectivity index is 1.99. The van der Waals surface area contributed by atoms with Crippen LogP contribution in [0.25, 0.3) is 4.85 Å². The molecule has 0 saturated carbocycles. The lowest BCUT2D eigenvalue weighted by Gasteiger charge is -2.29. The average Bonchev–Trinajstić information content (AvgIpc) is 2.76. The molecule has 0 unspecified atom stereocenters. The van der Waals surface area contributed by atoms with Crippen LogP contribution >= 0.6 is 0 Å². The molecule has 0 atom stereocenters. The molecule has 0 aromatic heterocycles. The van der Waals surface area contributed by atoms with Crippen molar-refractivity contribution in [1.29, 1.82) is 5.26 Å². The number of hydrogen-bond donors (Lipinski definition) is 0. The fourth-order valence-corrected chi connectivity index (χ4v) is 3.83. The van der Waals surface area contributed by atoms with E-state index in [1.54, 1.807) is 12.1 Å². The van der Waals surface area contributed by atoms with Gasteiger partial charge < -0.3 is 14.5 Å². The first-order valence-corrected chi connectivity index (χ1v) is 9.65. The second-order valence-corrected chi connectivity index (χ2v) is 7.77. The lowest BCUT2D eigenvalue weighted by Crippen LogP contribution is -2.55. The first kappa shape index (κ1) is 19.4. The average molecular weight is 392 g/mol. The maximum atomic E-state index is 9.45.